The van der Waals surface area contributed by atoms with Gasteiger partial charge in [0.25, 0.3) is 0 Å². The Kier molecular flexibility index (Phi) is 5.02. The molecule has 0 aliphatic rings. The maximum absolute atomic E-state index is 11.6. The molecule has 2 aromatic carbocycles. The molecule has 0 radical (unpaired) electrons. The van der Waals surface area contributed by atoms with Gasteiger partial charge < -0.3 is 10.1 Å². The second-order valence-corrected chi connectivity index (χ2v) is 4.95. The van der Waals surface area contributed by atoms with E-state index < -0.39 is 0 Å². The summed E-state index contributed by atoms with van der Waals surface area (Å²) in [5.74, 6) is -0.300. The van der Waals surface area contributed by atoms with Crippen LogP contribution in [0.3, 0.4) is 0 Å². The van der Waals surface area contributed by atoms with E-state index in [1.54, 1.807) is 12.1 Å². The Labute approximate surface area is 123 Å². The van der Waals surface area contributed by atoms with Gasteiger partial charge in [-0.05, 0) is 36.8 Å². The van der Waals surface area contributed by atoms with Crippen molar-refractivity contribution in [3.63, 3.8) is 0 Å². The maximum atomic E-state index is 11.6. The molecule has 1 N–H and O–H groups in total. The average Bonchev–Trinajstić information content (AvgIpc) is 2.45. The Balaban J connectivity index is 1.77. The third-order valence-electron chi connectivity index (χ3n) is 2.78. The number of ether oxygens (including phenoxy) is 1. The van der Waals surface area contributed by atoms with E-state index in [4.69, 9.17) is 16.3 Å². The molecule has 2 rings (SSSR count). The predicted molar refractivity (Wildman–Crippen MR) is 80.9 cm³/mol. The zero-order valence-electron chi connectivity index (χ0n) is 11.2. The van der Waals surface area contributed by atoms with E-state index in [1.807, 2.05) is 43.3 Å². The highest BCUT2D eigenvalue weighted by molar-refractivity contribution is 6.30. The van der Waals surface area contributed by atoms with Crippen LogP contribution < -0.4 is 5.32 Å². The lowest BCUT2D eigenvalue weighted by atomic mass is 10.2. The van der Waals surface area contributed by atoms with Gasteiger partial charge in [-0.3, -0.25) is 4.79 Å². The van der Waals surface area contributed by atoms with Crippen molar-refractivity contribution in [2.45, 2.75) is 13.5 Å². The van der Waals surface area contributed by atoms with Crippen molar-refractivity contribution in [2.24, 2.45) is 0 Å². The van der Waals surface area contributed by atoms with E-state index in [-0.39, 0.29) is 19.1 Å². The van der Waals surface area contributed by atoms with Crippen LogP contribution >= 0.6 is 11.6 Å². The molecular formula is C16H16ClNO2. The van der Waals surface area contributed by atoms with Gasteiger partial charge in [-0.1, -0.05) is 41.4 Å². The number of halogens is 1. The third kappa shape index (κ3) is 4.59. The molecule has 0 aromatic heterocycles. The summed E-state index contributed by atoms with van der Waals surface area (Å²) in [5.41, 5.74) is 2.95. The zero-order valence-corrected chi connectivity index (χ0v) is 12.0. The largest absolute Gasteiger partial charge is 0.460 e. The number of esters is 1. The molecule has 104 valence electrons. The van der Waals surface area contributed by atoms with Gasteiger partial charge in [-0.15, -0.1) is 0 Å². The summed E-state index contributed by atoms with van der Waals surface area (Å²) in [6, 6.07) is 15.1. The van der Waals surface area contributed by atoms with E-state index in [0.717, 1.165) is 11.3 Å². The monoisotopic (exact) mass is 289 g/mol. The molecule has 0 aliphatic heterocycles. The Morgan fingerprint density at radius 1 is 1.20 bits per heavy atom. The molecule has 0 saturated carbocycles. The molecule has 0 fully saturated rings. The van der Waals surface area contributed by atoms with Gasteiger partial charge in [-0.2, -0.15) is 0 Å². The maximum Gasteiger partial charge on any atom is 0.325 e. The van der Waals surface area contributed by atoms with Gasteiger partial charge in [0, 0.05) is 10.7 Å². The van der Waals surface area contributed by atoms with Crippen LogP contribution in [-0.4, -0.2) is 12.5 Å². The van der Waals surface area contributed by atoms with Crippen LogP contribution in [0.2, 0.25) is 5.02 Å². The lowest BCUT2D eigenvalue weighted by Gasteiger charge is -2.08. The number of hydrogen-bond donors (Lipinski definition) is 1. The zero-order chi connectivity index (χ0) is 14.4. The van der Waals surface area contributed by atoms with Crippen LogP contribution in [0.15, 0.2) is 48.5 Å². The topological polar surface area (TPSA) is 38.3 Å². The highest BCUT2D eigenvalue weighted by atomic mass is 35.5. The Morgan fingerprint density at radius 2 is 1.95 bits per heavy atom. The standard InChI is InChI=1S/C16H16ClNO2/c1-12-5-7-15(8-6-12)18-10-16(19)20-11-13-3-2-4-14(17)9-13/h2-9,18H,10-11H2,1H3. The van der Waals surface area contributed by atoms with Gasteiger partial charge in [0.15, 0.2) is 0 Å². The van der Waals surface area contributed by atoms with Crippen molar-refractivity contribution in [3.8, 4) is 0 Å². The van der Waals surface area contributed by atoms with Crippen molar-refractivity contribution in [2.75, 3.05) is 11.9 Å². The highest BCUT2D eigenvalue weighted by Gasteiger charge is 2.03. The van der Waals surface area contributed by atoms with Crippen LogP contribution in [0.25, 0.3) is 0 Å². The fraction of sp³-hybridized carbons (Fsp3) is 0.188. The number of nitrogens with one attached hydrogen (secondary N) is 1. The van der Waals surface area contributed by atoms with Crippen molar-refractivity contribution in [3.05, 3.63) is 64.7 Å². The number of hydrogen-bond acceptors (Lipinski definition) is 3. The number of anilines is 1. The number of carbonyl (C=O) groups excluding carboxylic acids is 1. The summed E-state index contributed by atoms with van der Waals surface area (Å²) < 4.78 is 5.17. The first kappa shape index (κ1) is 14.4. The lowest BCUT2D eigenvalue weighted by Crippen LogP contribution is -2.16. The van der Waals surface area contributed by atoms with Crippen molar-refractivity contribution >= 4 is 23.3 Å². The normalized spacial score (nSPS) is 10.1. The molecule has 0 heterocycles. The Hall–Kier alpha value is -2.00. The molecule has 4 heteroatoms. The summed E-state index contributed by atoms with van der Waals surface area (Å²) in [4.78, 5) is 11.6. The van der Waals surface area contributed by atoms with Crippen LogP contribution in [0.4, 0.5) is 5.69 Å². The SMILES string of the molecule is Cc1ccc(NCC(=O)OCc2cccc(Cl)c2)cc1. The average molecular weight is 290 g/mol. The Morgan fingerprint density at radius 3 is 2.65 bits per heavy atom. The van der Waals surface area contributed by atoms with E-state index in [2.05, 4.69) is 5.32 Å². The van der Waals surface area contributed by atoms with Crippen molar-refractivity contribution in [1.29, 1.82) is 0 Å². The van der Waals surface area contributed by atoms with Crippen LogP contribution in [0.5, 0.6) is 0 Å². The van der Waals surface area contributed by atoms with Gasteiger partial charge >= 0.3 is 5.97 Å². The smallest absolute Gasteiger partial charge is 0.325 e. The van der Waals surface area contributed by atoms with Crippen molar-refractivity contribution in [1.82, 2.24) is 0 Å². The summed E-state index contributed by atoms with van der Waals surface area (Å²) in [6.07, 6.45) is 0. The summed E-state index contributed by atoms with van der Waals surface area (Å²) in [7, 11) is 0. The van der Waals surface area contributed by atoms with E-state index in [9.17, 15) is 4.79 Å². The Bertz CT molecular complexity index is 581. The third-order valence-corrected chi connectivity index (χ3v) is 3.01. The van der Waals surface area contributed by atoms with Crippen molar-refractivity contribution < 1.29 is 9.53 Å². The molecule has 0 unspecified atom stereocenters. The molecule has 0 bridgehead atoms. The minimum absolute atomic E-state index is 0.142. The first-order valence-corrected chi connectivity index (χ1v) is 6.72. The summed E-state index contributed by atoms with van der Waals surface area (Å²) in [6.45, 7) is 2.39. The molecular weight excluding hydrogens is 274 g/mol. The minimum Gasteiger partial charge on any atom is -0.460 e. The molecule has 0 saturated heterocycles. The van der Waals surface area contributed by atoms with E-state index in [1.165, 1.54) is 5.56 Å². The van der Waals surface area contributed by atoms with E-state index in [0.29, 0.717) is 5.02 Å². The van der Waals surface area contributed by atoms with Gasteiger partial charge in [0.2, 0.25) is 0 Å². The quantitative estimate of drug-likeness (QED) is 0.851. The van der Waals surface area contributed by atoms with Crippen LogP contribution in [-0.2, 0) is 16.1 Å². The molecule has 20 heavy (non-hydrogen) atoms. The minimum atomic E-state index is -0.300. The van der Waals surface area contributed by atoms with Gasteiger partial charge in [-0.25, -0.2) is 0 Å². The van der Waals surface area contributed by atoms with Gasteiger partial charge in [0.1, 0.15) is 13.2 Å². The van der Waals surface area contributed by atoms with E-state index >= 15 is 0 Å². The van der Waals surface area contributed by atoms with Crippen LogP contribution in [0.1, 0.15) is 11.1 Å². The summed E-state index contributed by atoms with van der Waals surface area (Å²) in [5, 5.41) is 3.65. The second kappa shape index (κ2) is 6.96. The first-order valence-electron chi connectivity index (χ1n) is 6.34. The molecule has 0 amide bonds. The summed E-state index contributed by atoms with van der Waals surface area (Å²) >= 11 is 5.86. The molecule has 2 aromatic rings. The molecule has 0 aliphatic carbocycles. The number of rotatable bonds is 5. The highest BCUT2D eigenvalue weighted by Crippen LogP contribution is 2.12. The fourth-order valence-electron chi connectivity index (χ4n) is 1.69. The second-order valence-electron chi connectivity index (χ2n) is 4.51. The molecule has 0 atom stereocenters. The van der Waals surface area contributed by atoms with Crippen LogP contribution in [0, 0.1) is 6.92 Å². The first-order chi connectivity index (χ1) is 9.63. The number of benzene rings is 2. The molecule has 3 nitrogen and oxygen atoms in total. The fourth-order valence-corrected chi connectivity index (χ4v) is 1.90. The number of aryl methyl sites for hydroxylation is 1. The number of carbonyl (C=O) groups is 1. The predicted octanol–water partition coefficient (Wildman–Crippen LogP) is 3.80. The molecule has 0 spiro atoms. The van der Waals surface area contributed by atoms with Gasteiger partial charge in [0.05, 0.1) is 0 Å². The lowest BCUT2D eigenvalue weighted by molar-refractivity contribution is -0.142.